The molecule has 0 saturated carbocycles. The van der Waals surface area contributed by atoms with E-state index >= 15 is 0 Å². The van der Waals surface area contributed by atoms with Gasteiger partial charge < -0.3 is 15.4 Å². The summed E-state index contributed by atoms with van der Waals surface area (Å²) in [4.78, 5) is 24.7. The second-order valence-corrected chi connectivity index (χ2v) is 9.75. The summed E-state index contributed by atoms with van der Waals surface area (Å²) in [6.07, 6.45) is 0.346. The van der Waals surface area contributed by atoms with E-state index in [9.17, 15) is 18.0 Å². The number of anilines is 2. The SMILES string of the molecule is Cc1ccc(Nc2ccccc2C(=O)OCC(=O)N[C@]2(C)CCS(=O)(=O)C2)cc1. The van der Waals surface area contributed by atoms with Crippen molar-refractivity contribution in [1.82, 2.24) is 5.32 Å². The number of amides is 1. The summed E-state index contributed by atoms with van der Waals surface area (Å²) < 4.78 is 28.4. The highest BCUT2D eigenvalue weighted by Crippen LogP contribution is 2.23. The van der Waals surface area contributed by atoms with E-state index in [2.05, 4.69) is 10.6 Å². The summed E-state index contributed by atoms with van der Waals surface area (Å²) in [5.41, 5.74) is 1.99. The predicted octanol–water partition coefficient (Wildman–Crippen LogP) is 2.59. The topological polar surface area (TPSA) is 102 Å². The number of nitrogens with one attached hydrogen (secondary N) is 2. The molecule has 0 unspecified atom stereocenters. The third kappa shape index (κ3) is 5.57. The smallest absolute Gasteiger partial charge is 0.340 e. The van der Waals surface area contributed by atoms with Gasteiger partial charge in [0.1, 0.15) is 0 Å². The number of aryl methyl sites for hydroxylation is 1. The fraction of sp³-hybridized carbons (Fsp3) is 0.333. The number of rotatable bonds is 6. The number of esters is 1. The molecule has 2 aromatic carbocycles. The maximum Gasteiger partial charge on any atom is 0.340 e. The molecule has 2 N–H and O–H groups in total. The van der Waals surface area contributed by atoms with Crippen LogP contribution in [0.3, 0.4) is 0 Å². The zero-order chi connectivity index (χ0) is 21.1. The Hall–Kier alpha value is -2.87. The van der Waals surface area contributed by atoms with E-state index in [0.717, 1.165) is 11.3 Å². The van der Waals surface area contributed by atoms with E-state index in [0.29, 0.717) is 17.7 Å². The molecule has 0 spiro atoms. The van der Waals surface area contributed by atoms with Crippen LogP contribution in [0.25, 0.3) is 0 Å². The average molecular weight is 416 g/mol. The molecule has 1 saturated heterocycles. The second-order valence-electron chi connectivity index (χ2n) is 7.56. The molecule has 1 aliphatic heterocycles. The van der Waals surface area contributed by atoms with E-state index in [1.807, 2.05) is 31.2 Å². The minimum atomic E-state index is -3.14. The molecular formula is C21H24N2O5S. The highest BCUT2D eigenvalue weighted by Gasteiger charge is 2.39. The molecule has 1 heterocycles. The van der Waals surface area contributed by atoms with Gasteiger partial charge in [0.2, 0.25) is 0 Å². The lowest BCUT2D eigenvalue weighted by atomic mass is 10.0. The molecule has 1 amide bonds. The third-order valence-corrected chi connectivity index (χ3v) is 6.66. The summed E-state index contributed by atoms with van der Waals surface area (Å²) in [5.74, 6) is -1.23. The van der Waals surface area contributed by atoms with Crippen LogP contribution < -0.4 is 10.6 Å². The van der Waals surface area contributed by atoms with Gasteiger partial charge in [0, 0.05) is 5.69 Å². The Bertz CT molecular complexity index is 1020. The van der Waals surface area contributed by atoms with Gasteiger partial charge in [-0.25, -0.2) is 13.2 Å². The molecule has 154 valence electrons. The highest BCUT2D eigenvalue weighted by atomic mass is 32.2. The van der Waals surface area contributed by atoms with Gasteiger partial charge in [0.25, 0.3) is 5.91 Å². The quantitative estimate of drug-likeness (QED) is 0.702. The van der Waals surface area contributed by atoms with Gasteiger partial charge in [-0.2, -0.15) is 0 Å². The maximum atomic E-state index is 12.5. The molecule has 0 aromatic heterocycles. The first-order chi connectivity index (χ1) is 13.7. The van der Waals surface area contributed by atoms with Crippen LogP contribution in [0.2, 0.25) is 0 Å². The fourth-order valence-electron chi connectivity index (χ4n) is 3.25. The van der Waals surface area contributed by atoms with Crippen LogP contribution in [0.15, 0.2) is 48.5 Å². The average Bonchev–Trinajstić information content (AvgIpc) is 2.94. The van der Waals surface area contributed by atoms with Gasteiger partial charge in [0.15, 0.2) is 16.4 Å². The van der Waals surface area contributed by atoms with E-state index in [-0.39, 0.29) is 11.5 Å². The molecular weight excluding hydrogens is 392 g/mol. The lowest BCUT2D eigenvalue weighted by Crippen LogP contribution is -2.48. The largest absolute Gasteiger partial charge is 0.452 e. The van der Waals surface area contributed by atoms with E-state index in [4.69, 9.17) is 4.74 Å². The molecule has 29 heavy (non-hydrogen) atoms. The number of hydrogen-bond acceptors (Lipinski definition) is 6. The molecule has 1 fully saturated rings. The van der Waals surface area contributed by atoms with Crippen LogP contribution >= 0.6 is 0 Å². The normalized spacial score (nSPS) is 20.1. The highest BCUT2D eigenvalue weighted by molar-refractivity contribution is 7.91. The van der Waals surface area contributed by atoms with Crippen molar-refractivity contribution >= 4 is 33.1 Å². The standard InChI is InChI=1S/C21H24N2O5S/c1-15-7-9-16(10-8-15)22-18-6-4-3-5-17(18)20(25)28-13-19(24)23-21(2)11-12-29(26,27)14-21/h3-10,22H,11-14H2,1-2H3,(H,23,24)/t21-/m1/s1. The van der Waals surface area contributed by atoms with Gasteiger partial charge in [-0.15, -0.1) is 0 Å². The van der Waals surface area contributed by atoms with Crippen LogP contribution in [0.4, 0.5) is 11.4 Å². The van der Waals surface area contributed by atoms with Crippen LogP contribution in [-0.2, 0) is 19.4 Å². The zero-order valence-corrected chi connectivity index (χ0v) is 17.2. The minimum absolute atomic E-state index is 0.0433. The number of carbonyl (C=O) groups is 2. The molecule has 1 atom stereocenters. The van der Waals surface area contributed by atoms with E-state index < -0.39 is 33.9 Å². The van der Waals surface area contributed by atoms with Gasteiger partial charge >= 0.3 is 5.97 Å². The summed E-state index contributed by atoms with van der Waals surface area (Å²) in [6.45, 7) is 3.19. The Morgan fingerprint density at radius 2 is 1.79 bits per heavy atom. The molecule has 0 radical (unpaired) electrons. The number of sulfone groups is 1. The van der Waals surface area contributed by atoms with Crippen LogP contribution in [0, 0.1) is 6.92 Å². The fourth-order valence-corrected chi connectivity index (χ4v) is 5.35. The van der Waals surface area contributed by atoms with Crippen LogP contribution in [0.5, 0.6) is 0 Å². The van der Waals surface area contributed by atoms with Crippen LogP contribution in [-0.4, -0.2) is 43.9 Å². The first-order valence-electron chi connectivity index (χ1n) is 9.27. The summed E-state index contributed by atoms with van der Waals surface area (Å²) in [6, 6.07) is 14.6. The lowest BCUT2D eigenvalue weighted by molar-refractivity contribution is -0.125. The van der Waals surface area contributed by atoms with Gasteiger partial charge in [-0.05, 0) is 44.5 Å². The summed E-state index contributed by atoms with van der Waals surface area (Å²) in [5, 5.41) is 5.84. The van der Waals surface area contributed by atoms with Crippen molar-refractivity contribution < 1.29 is 22.7 Å². The number of benzene rings is 2. The maximum absolute atomic E-state index is 12.5. The van der Waals surface area contributed by atoms with Crippen molar-refractivity contribution in [3.05, 3.63) is 59.7 Å². The second kappa shape index (κ2) is 8.24. The number of hydrogen-bond donors (Lipinski definition) is 2. The number of carbonyl (C=O) groups excluding carboxylic acids is 2. The Balaban J connectivity index is 1.61. The van der Waals surface area contributed by atoms with Crippen molar-refractivity contribution in [2.75, 3.05) is 23.4 Å². The van der Waals surface area contributed by atoms with Gasteiger partial charge in [-0.3, -0.25) is 4.79 Å². The molecule has 0 bridgehead atoms. The van der Waals surface area contributed by atoms with Crippen molar-refractivity contribution in [3.63, 3.8) is 0 Å². The van der Waals surface area contributed by atoms with Crippen molar-refractivity contribution in [1.29, 1.82) is 0 Å². The lowest BCUT2D eigenvalue weighted by Gasteiger charge is -2.23. The minimum Gasteiger partial charge on any atom is -0.452 e. The monoisotopic (exact) mass is 416 g/mol. The first-order valence-corrected chi connectivity index (χ1v) is 11.1. The Morgan fingerprint density at radius 3 is 2.45 bits per heavy atom. The zero-order valence-electron chi connectivity index (χ0n) is 16.4. The van der Waals surface area contributed by atoms with E-state index in [1.54, 1.807) is 31.2 Å². The number of para-hydroxylation sites is 1. The predicted molar refractivity (Wildman–Crippen MR) is 111 cm³/mol. The van der Waals surface area contributed by atoms with Crippen molar-refractivity contribution in [2.45, 2.75) is 25.8 Å². The van der Waals surface area contributed by atoms with Crippen LogP contribution in [0.1, 0.15) is 29.3 Å². The van der Waals surface area contributed by atoms with Crippen molar-refractivity contribution in [3.8, 4) is 0 Å². The summed E-state index contributed by atoms with van der Waals surface area (Å²) in [7, 11) is -3.14. The Morgan fingerprint density at radius 1 is 1.10 bits per heavy atom. The molecule has 8 heteroatoms. The summed E-state index contributed by atoms with van der Waals surface area (Å²) >= 11 is 0. The van der Waals surface area contributed by atoms with Gasteiger partial charge in [0.05, 0.1) is 28.3 Å². The van der Waals surface area contributed by atoms with E-state index in [1.165, 1.54) is 0 Å². The van der Waals surface area contributed by atoms with Gasteiger partial charge in [-0.1, -0.05) is 29.8 Å². The molecule has 1 aliphatic rings. The Labute approximate surface area is 170 Å². The van der Waals surface area contributed by atoms with Crippen molar-refractivity contribution in [2.24, 2.45) is 0 Å². The Kier molecular flexibility index (Phi) is 5.93. The molecule has 3 rings (SSSR count). The third-order valence-electron chi connectivity index (χ3n) is 4.76. The molecule has 7 nitrogen and oxygen atoms in total. The first kappa shape index (κ1) is 20.9. The molecule has 2 aromatic rings. The number of ether oxygens (including phenoxy) is 1. The molecule has 0 aliphatic carbocycles.